The first-order chi connectivity index (χ1) is 15.2. The van der Waals surface area contributed by atoms with Crippen molar-refractivity contribution in [2.45, 2.75) is 13.0 Å². The summed E-state index contributed by atoms with van der Waals surface area (Å²) in [4.78, 5) is 39.2. The lowest BCUT2D eigenvalue weighted by Gasteiger charge is -2.12. The van der Waals surface area contributed by atoms with Crippen LogP contribution in [0.25, 0.3) is 27.8 Å². The molecule has 1 atom stereocenters. The number of aromatic amines is 1. The van der Waals surface area contributed by atoms with Gasteiger partial charge in [0.1, 0.15) is 16.7 Å². The fourth-order valence-corrected chi connectivity index (χ4v) is 3.88. The number of carboxylic acid groups (broad SMARTS) is 1. The van der Waals surface area contributed by atoms with Gasteiger partial charge >= 0.3 is 11.7 Å². The largest absolute Gasteiger partial charge is 0.504 e. The van der Waals surface area contributed by atoms with Crippen molar-refractivity contribution in [3.8, 4) is 28.3 Å². The number of aliphatic carboxylic acids is 1. The second kappa shape index (κ2) is 7.93. The number of aromatic nitrogens is 3. The quantitative estimate of drug-likeness (QED) is 0.424. The van der Waals surface area contributed by atoms with Crippen LogP contribution in [-0.4, -0.2) is 37.4 Å². The van der Waals surface area contributed by atoms with Crippen LogP contribution in [0.4, 0.5) is 0 Å². The number of rotatable bonds is 5. The normalized spacial score (nSPS) is 12.1. The number of halogens is 1. The molecule has 0 saturated heterocycles. The number of hydrogen-bond acceptors (Lipinski definition) is 5. The molecule has 0 fully saturated rings. The summed E-state index contributed by atoms with van der Waals surface area (Å²) in [6.07, 6.45) is 0. The molecule has 1 unspecified atom stereocenters. The van der Waals surface area contributed by atoms with Crippen molar-refractivity contribution in [2.24, 2.45) is 0 Å². The van der Waals surface area contributed by atoms with E-state index in [0.717, 1.165) is 0 Å². The molecule has 0 bridgehead atoms. The minimum atomic E-state index is -1.36. The molecule has 4 rings (SSSR count). The SMILES string of the molecule is COc1cccc(-c2ccc(-n3c(Cl)cc4[nH]c(=O)n(C(C)C(=O)O)c(=O)c43)cc2)c1O. The number of nitrogens with zero attached hydrogens (tertiary/aromatic N) is 2. The Balaban J connectivity index is 1.88. The molecule has 0 amide bonds. The highest BCUT2D eigenvalue weighted by Gasteiger charge is 2.23. The Labute approximate surface area is 185 Å². The first-order valence-electron chi connectivity index (χ1n) is 9.50. The Morgan fingerprint density at radius 2 is 1.84 bits per heavy atom. The second-order valence-corrected chi connectivity index (χ2v) is 7.47. The number of carbonyl (C=O) groups is 1. The van der Waals surface area contributed by atoms with Gasteiger partial charge in [0.05, 0.1) is 12.6 Å². The summed E-state index contributed by atoms with van der Waals surface area (Å²) in [5, 5.41) is 19.8. The zero-order valence-corrected chi connectivity index (χ0v) is 17.8. The minimum Gasteiger partial charge on any atom is -0.504 e. The Hall–Kier alpha value is -3.98. The molecule has 2 heterocycles. The van der Waals surface area contributed by atoms with Crippen LogP contribution < -0.4 is 16.0 Å². The predicted molar refractivity (Wildman–Crippen MR) is 119 cm³/mol. The third-order valence-electron chi connectivity index (χ3n) is 5.24. The van der Waals surface area contributed by atoms with Crippen LogP contribution in [0.1, 0.15) is 13.0 Å². The number of hydrogen-bond donors (Lipinski definition) is 3. The molecule has 9 nitrogen and oxygen atoms in total. The lowest BCUT2D eigenvalue weighted by Crippen LogP contribution is -2.40. The average molecular weight is 456 g/mol. The van der Waals surface area contributed by atoms with E-state index in [-0.39, 0.29) is 21.9 Å². The third-order valence-corrected chi connectivity index (χ3v) is 5.52. The summed E-state index contributed by atoms with van der Waals surface area (Å²) in [5.74, 6) is -0.984. The number of carboxylic acids is 1. The maximum atomic E-state index is 13.1. The maximum Gasteiger partial charge on any atom is 0.329 e. The molecular weight excluding hydrogens is 438 g/mol. The van der Waals surface area contributed by atoms with E-state index in [4.69, 9.17) is 16.3 Å². The van der Waals surface area contributed by atoms with Gasteiger partial charge in [-0.15, -0.1) is 0 Å². The van der Waals surface area contributed by atoms with Crippen LogP contribution in [0.5, 0.6) is 11.5 Å². The predicted octanol–water partition coefficient (Wildman–Crippen LogP) is 3.16. The summed E-state index contributed by atoms with van der Waals surface area (Å²) >= 11 is 6.36. The van der Waals surface area contributed by atoms with Crippen LogP contribution in [-0.2, 0) is 4.79 Å². The molecule has 3 N–H and O–H groups in total. The fraction of sp³-hybridized carbons (Fsp3) is 0.136. The molecule has 0 saturated carbocycles. The summed E-state index contributed by atoms with van der Waals surface area (Å²) in [6.45, 7) is 1.25. The lowest BCUT2D eigenvalue weighted by molar-refractivity contribution is -0.140. The number of fused-ring (bicyclic) bond motifs is 1. The Morgan fingerprint density at radius 3 is 2.47 bits per heavy atom. The Bertz CT molecular complexity index is 1470. The van der Waals surface area contributed by atoms with Crippen LogP contribution in [0.2, 0.25) is 5.15 Å². The van der Waals surface area contributed by atoms with Crippen LogP contribution >= 0.6 is 11.6 Å². The molecule has 32 heavy (non-hydrogen) atoms. The van der Waals surface area contributed by atoms with Gasteiger partial charge in [-0.1, -0.05) is 35.9 Å². The summed E-state index contributed by atoms with van der Waals surface area (Å²) < 4.78 is 7.21. The van der Waals surface area contributed by atoms with E-state index in [2.05, 4.69) is 4.98 Å². The van der Waals surface area contributed by atoms with Gasteiger partial charge in [0.25, 0.3) is 5.56 Å². The standard InChI is InChI=1S/C22H18ClN3O6/c1-11(21(29)30)25-20(28)18-15(24-22(25)31)10-17(23)26(18)13-8-6-12(7-9-13)14-4-3-5-16(32-2)19(14)27/h3-11,27H,1-2H3,(H,24,31)(H,29,30). The van der Waals surface area contributed by atoms with Gasteiger partial charge < -0.3 is 19.9 Å². The molecule has 0 spiro atoms. The summed E-state index contributed by atoms with van der Waals surface area (Å²) in [7, 11) is 1.46. The van der Waals surface area contributed by atoms with Gasteiger partial charge in [-0.25, -0.2) is 14.2 Å². The molecule has 0 aliphatic rings. The van der Waals surface area contributed by atoms with Gasteiger partial charge in [-0.3, -0.25) is 9.36 Å². The van der Waals surface area contributed by atoms with E-state index in [1.165, 1.54) is 24.7 Å². The Morgan fingerprint density at radius 1 is 1.16 bits per heavy atom. The lowest BCUT2D eigenvalue weighted by atomic mass is 10.0. The van der Waals surface area contributed by atoms with Crippen LogP contribution in [0, 0.1) is 0 Å². The second-order valence-electron chi connectivity index (χ2n) is 7.09. The third kappa shape index (κ3) is 3.32. The molecule has 0 aliphatic heterocycles. The monoisotopic (exact) mass is 455 g/mol. The fourth-order valence-electron chi connectivity index (χ4n) is 3.59. The van der Waals surface area contributed by atoms with E-state index < -0.39 is 23.3 Å². The van der Waals surface area contributed by atoms with Crippen LogP contribution in [0.3, 0.4) is 0 Å². The molecule has 10 heteroatoms. The number of H-pyrrole nitrogens is 1. The van der Waals surface area contributed by atoms with Crippen molar-refractivity contribution in [2.75, 3.05) is 7.11 Å². The van der Waals surface area contributed by atoms with E-state index in [0.29, 0.717) is 27.1 Å². The van der Waals surface area contributed by atoms with Gasteiger partial charge in [0.15, 0.2) is 11.5 Å². The summed E-state index contributed by atoms with van der Waals surface area (Å²) in [5.41, 5.74) is 0.377. The molecular formula is C22H18ClN3O6. The number of phenolic OH excluding ortho intramolecular Hbond substituents is 1. The number of para-hydroxylation sites is 1. The number of aromatic hydroxyl groups is 1. The minimum absolute atomic E-state index is 0.00434. The number of benzene rings is 2. The topological polar surface area (TPSA) is 127 Å². The number of nitrogens with one attached hydrogen (secondary N) is 1. The molecule has 0 radical (unpaired) electrons. The van der Waals surface area contributed by atoms with Gasteiger partial charge in [0.2, 0.25) is 0 Å². The van der Waals surface area contributed by atoms with Crippen molar-refractivity contribution < 1.29 is 19.7 Å². The zero-order chi connectivity index (χ0) is 23.2. The van der Waals surface area contributed by atoms with E-state index in [1.54, 1.807) is 42.5 Å². The van der Waals surface area contributed by atoms with Crippen molar-refractivity contribution in [1.29, 1.82) is 0 Å². The first-order valence-corrected chi connectivity index (χ1v) is 9.87. The number of phenols is 1. The van der Waals surface area contributed by atoms with E-state index in [1.807, 2.05) is 0 Å². The average Bonchev–Trinajstić information content (AvgIpc) is 3.09. The van der Waals surface area contributed by atoms with Crippen molar-refractivity contribution >= 4 is 28.6 Å². The van der Waals surface area contributed by atoms with Crippen molar-refractivity contribution in [3.05, 3.63) is 74.5 Å². The number of methoxy groups -OCH3 is 1. The molecule has 4 aromatic rings. The van der Waals surface area contributed by atoms with Crippen molar-refractivity contribution in [3.63, 3.8) is 0 Å². The van der Waals surface area contributed by atoms with E-state index >= 15 is 0 Å². The first kappa shape index (κ1) is 21.3. The molecule has 0 aliphatic carbocycles. The molecule has 2 aromatic carbocycles. The number of ether oxygens (including phenoxy) is 1. The van der Waals surface area contributed by atoms with Crippen molar-refractivity contribution in [1.82, 2.24) is 14.1 Å². The Kier molecular flexibility index (Phi) is 5.27. The van der Waals surface area contributed by atoms with Gasteiger partial charge in [-0.05, 0) is 36.8 Å². The highest BCUT2D eigenvalue weighted by atomic mass is 35.5. The van der Waals surface area contributed by atoms with Gasteiger partial charge in [-0.2, -0.15) is 0 Å². The maximum absolute atomic E-state index is 13.1. The van der Waals surface area contributed by atoms with Gasteiger partial charge in [0, 0.05) is 11.3 Å². The van der Waals surface area contributed by atoms with E-state index in [9.17, 15) is 24.6 Å². The summed E-state index contributed by atoms with van der Waals surface area (Å²) in [6, 6.07) is 12.0. The smallest absolute Gasteiger partial charge is 0.329 e. The highest BCUT2D eigenvalue weighted by Crippen LogP contribution is 2.37. The molecule has 2 aromatic heterocycles. The van der Waals surface area contributed by atoms with Crippen LogP contribution in [0.15, 0.2) is 58.1 Å². The zero-order valence-electron chi connectivity index (χ0n) is 17.0. The molecule has 164 valence electrons. The highest BCUT2D eigenvalue weighted by molar-refractivity contribution is 6.31.